The van der Waals surface area contributed by atoms with Crippen LogP contribution in [-0.4, -0.2) is 61.5 Å². The lowest BCUT2D eigenvalue weighted by atomic mass is 10.1. The summed E-state index contributed by atoms with van der Waals surface area (Å²) in [4.78, 5) is 29.0. The van der Waals surface area contributed by atoms with Gasteiger partial charge >= 0.3 is 0 Å². The summed E-state index contributed by atoms with van der Waals surface area (Å²) in [6.45, 7) is 4.42. The average Bonchev–Trinajstić information content (AvgIpc) is 2.77. The van der Waals surface area contributed by atoms with Crippen LogP contribution in [0, 0.1) is 0 Å². The third kappa shape index (κ3) is 4.82. The highest BCUT2D eigenvalue weighted by Gasteiger charge is 2.26. The number of methoxy groups -OCH3 is 1. The van der Waals surface area contributed by atoms with Crippen molar-refractivity contribution in [2.24, 2.45) is 0 Å². The van der Waals surface area contributed by atoms with E-state index in [9.17, 15) is 9.59 Å². The summed E-state index contributed by atoms with van der Waals surface area (Å²) < 4.78 is 11.0. The van der Waals surface area contributed by atoms with E-state index in [0.717, 1.165) is 6.42 Å². The Balaban J connectivity index is 1.67. The number of rotatable bonds is 6. The summed E-state index contributed by atoms with van der Waals surface area (Å²) in [6.07, 6.45) is 0.839. The highest BCUT2D eigenvalue weighted by atomic mass is 35.5. The van der Waals surface area contributed by atoms with E-state index in [0.29, 0.717) is 60.4 Å². The summed E-state index contributed by atoms with van der Waals surface area (Å²) in [5, 5.41) is 0.346. The van der Waals surface area contributed by atoms with Crippen LogP contribution in [0.5, 0.6) is 11.5 Å². The quantitative estimate of drug-likeness (QED) is 0.719. The molecule has 0 unspecified atom stereocenters. The molecule has 0 bridgehead atoms. The fraction of sp³-hybridized carbons (Fsp3) is 0.364. The summed E-state index contributed by atoms with van der Waals surface area (Å²) in [5.41, 5.74) is 1.10. The van der Waals surface area contributed by atoms with Gasteiger partial charge in [-0.3, -0.25) is 9.59 Å². The van der Waals surface area contributed by atoms with Gasteiger partial charge in [0.05, 0.1) is 18.7 Å². The van der Waals surface area contributed by atoms with Crippen molar-refractivity contribution in [2.75, 3.05) is 39.9 Å². The third-order valence-corrected chi connectivity index (χ3v) is 5.08. The zero-order chi connectivity index (χ0) is 20.8. The number of halogens is 1. The van der Waals surface area contributed by atoms with E-state index in [4.69, 9.17) is 21.1 Å². The summed E-state index contributed by atoms with van der Waals surface area (Å²) in [6, 6.07) is 12.4. The van der Waals surface area contributed by atoms with E-state index >= 15 is 0 Å². The molecule has 0 aliphatic carbocycles. The van der Waals surface area contributed by atoms with Crippen LogP contribution in [0.2, 0.25) is 5.02 Å². The fourth-order valence-corrected chi connectivity index (χ4v) is 3.51. The molecule has 1 heterocycles. The molecule has 0 spiro atoms. The van der Waals surface area contributed by atoms with Gasteiger partial charge in [0.2, 0.25) is 0 Å². The Bertz CT molecular complexity index is 865. The van der Waals surface area contributed by atoms with Crippen molar-refractivity contribution in [1.29, 1.82) is 0 Å². The lowest BCUT2D eigenvalue weighted by Gasteiger charge is -2.35. The largest absolute Gasteiger partial charge is 0.493 e. The molecule has 6 nitrogen and oxygen atoms in total. The molecular formula is C22H25ClN2O4. The Morgan fingerprint density at radius 3 is 2.10 bits per heavy atom. The Morgan fingerprint density at radius 2 is 1.55 bits per heavy atom. The number of hydrogen-bond donors (Lipinski definition) is 0. The van der Waals surface area contributed by atoms with Crippen molar-refractivity contribution in [3.05, 3.63) is 58.6 Å². The average molecular weight is 417 g/mol. The van der Waals surface area contributed by atoms with Crippen LogP contribution in [0.1, 0.15) is 34.1 Å². The molecule has 2 amide bonds. The van der Waals surface area contributed by atoms with Crippen molar-refractivity contribution >= 4 is 23.4 Å². The minimum Gasteiger partial charge on any atom is -0.493 e. The number of carbonyl (C=O) groups is 2. The first-order valence-electron chi connectivity index (χ1n) is 9.69. The first-order valence-corrected chi connectivity index (χ1v) is 10.1. The third-order valence-electron chi connectivity index (χ3n) is 4.80. The SMILES string of the molecule is CCCOc1c(Cl)cc(C(=O)N2CCN(C(=O)c3ccccc3)CC2)cc1OC. The lowest BCUT2D eigenvalue weighted by Crippen LogP contribution is -2.50. The number of amides is 2. The normalized spacial score (nSPS) is 13.9. The predicted octanol–water partition coefficient (Wildman–Crippen LogP) is 3.74. The molecule has 0 aromatic heterocycles. The summed E-state index contributed by atoms with van der Waals surface area (Å²) in [5.74, 6) is 0.733. The van der Waals surface area contributed by atoms with E-state index in [1.165, 1.54) is 7.11 Å². The van der Waals surface area contributed by atoms with Gasteiger partial charge in [-0.25, -0.2) is 0 Å². The standard InChI is InChI=1S/C22H25ClN2O4/c1-3-13-29-20-18(23)14-17(15-19(20)28-2)22(27)25-11-9-24(10-12-25)21(26)16-7-5-4-6-8-16/h4-8,14-15H,3,9-13H2,1-2H3. The van der Waals surface area contributed by atoms with Crippen LogP contribution in [0.25, 0.3) is 0 Å². The molecule has 1 saturated heterocycles. The molecule has 0 atom stereocenters. The van der Waals surface area contributed by atoms with Gasteiger partial charge in [0.15, 0.2) is 11.5 Å². The molecule has 0 radical (unpaired) electrons. The Morgan fingerprint density at radius 1 is 0.966 bits per heavy atom. The van der Waals surface area contributed by atoms with Crippen molar-refractivity contribution in [3.8, 4) is 11.5 Å². The fourth-order valence-electron chi connectivity index (χ4n) is 3.25. The monoisotopic (exact) mass is 416 g/mol. The second kappa shape index (κ2) is 9.65. The van der Waals surface area contributed by atoms with Crippen molar-refractivity contribution in [1.82, 2.24) is 9.80 Å². The molecule has 0 saturated carbocycles. The van der Waals surface area contributed by atoms with Gasteiger partial charge in [-0.2, -0.15) is 0 Å². The topological polar surface area (TPSA) is 59.1 Å². The van der Waals surface area contributed by atoms with Gasteiger partial charge in [-0.15, -0.1) is 0 Å². The molecular weight excluding hydrogens is 392 g/mol. The highest BCUT2D eigenvalue weighted by Crippen LogP contribution is 2.37. The Hall–Kier alpha value is -2.73. The zero-order valence-electron chi connectivity index (χ0n) is 16.7. The minimum absolute atomic E-state index is 0.0140. The van der Waals surface area contributed by atoms with Crippen molar-refractivity contribution in [3.63, 3.8) is 0 Å². The van der Waals surface area contributed by atoms with E-state index in [-0.39, 0.29) is 11.8 Å². The molecule has 1 fully saturated rings. The van der Waals surface area contributed by atoms with Gasteiger partial charge < -0.3 is 19.3 Å². The number of benzene rings is 2. The number of piperazine rings is 1. The summed E-state index contributed by atoms with van der Waals surface area (Å²) >= 11 is 6.34. The molecule has 1 aliphatic heterocycles. The van der Waals surface area contributed by atoms with E-state index in [1.807, 2.05) is 25.1 Å². The predicted molar refractivity (Wildman–Crippen MR) is 112 cm³/mol. The lowest BCUT2D eigenvalue weighted by molar-refractivity contribution is 0.0535. The highest BCUT2D eigenvalue weighted by molar-refractivity contribution is 6.32. The maximum absolute atomic E-state index is 13.0. The first-order chi connectivity index (χ1) is 14.0. The molecule has 1 aliphatic rings. The molecule has 3 rings (SSSR count). The van der Waals surface area contributed by atoms with Gasteiger partial charge in [-0.1, -0.05) is 36.7 Å². The Labute approximate surface area is 176 Å². The molecule has 2 aromatic rings. The van der Waals surface area contributed by atoms with Gasteiger partial charge in [0.1, 0.15) is 0 Å². The molecule has 0 N–H and O–H groups in total. The zero-order valence-corrected chi connectivity index (χ0v) is 17.4. The molecule has 154 valence electrons. The van der Waals surface area contributed by atoms with Gasteiger partial charge in [0.25, 0.3) is 11.8 Å². The molecule has 7 heteroatoms. The molecule has 2 aromatic carbocycles. The van der Waals surface area contributed by atoms with Gasteiger partial charge in [0, 0.05) is 37.3 Å². The van der Waals surface area contributed by atoms with E-state index < -0.39 is 0 Å². The first kappa shape index (κ1) is 21.0. The van der Waals surface area contributed by atoms with Crippen molar-refractivity contribution < 1.29 is 19.1 Å². The minimum atomic E-state index is -0.140. The number of ether oxygens (including phenoxy) is 2. The number of hydrogen-bond acceptors (Lipinski definition) is 4. The van der Waals surface area contributed by atoms with Crippen molar-refractivity contribution in [2.45, 2.75) is 13.3 Å². The maximum Gasteiger partial charge on any atom is 0.254 e. The van der Waals surface area contributed by atoms with Crippen LogP contribution in [0.15, 0.2) is 42.5 Å². The number of nitrogens with zero attached hydrogens (tertiary/aromatic N) is 2. The molecule has 29 heavy (non-hydrogen) atoms. The van der Waals surface area contributed by atoms with Crippen LogP contribution >= 0.6 is 11.6 Å². The smallest absolute Gasteiger partial charge is 0.254 e. The second-order valence-corrected chi connectivity index (χ2v) is 7.20. The second-order valence-electron chi connectivity index (χ2n) is 6.79. The van der Waals surface area contributed by atoms with Crippen LogP contribution in [-0.2, 0) is 0 Å². The maximum atomic E-state index is 13.0. The number of carbonyl (C=O) groups excluding carboxylic acids is 2. The summed E-state index contributed by atoms with van der Waals surface area (Å²) in [7, 11) is 1.52. The van der Waals surface area contributed by atoms with E-state index in [2.05, 4.69) is 0 Å². The van der Waals surface area contributed by atoms with Crippen LogP contribution < -0.4 is 9.47 Å². The van der Waals surface area contributed by atoms with E-state index in [1.54, 1.807) is 34.1 Å². The Kier molecular flexibility index (Phi) is 6.99. The van der Waals surface area contributed by atoms with Crippen LogP contribution in [0.3, 0.4) is 0 Å². The van der Waals surface area contributed by atoms with Gasteiger partial charge in [-0.05, 0) is 30.7 Å². The van der Waals surface area contributed by atoms with Crippen LogP contribution in [0.4, 0.5) is 0 Å².